The Morgan fingerprint density at radius 3 is 2.38 bits per heavy atom. The Kier molecular flexibility index (Phi) is 5.69. The molecule has 2 aromatic carbocycles. The second-order valence-corrected chi connectivity index (χ2v) is 7.57. The number of benzene rings is 2. The van der Waals surface area contributed by atoms with E-state index >= 15 is 0 Å². The number of nitrogens with zero attached hydrogens (tertiary/aromatic N) is 6. The van der Waals surface area contributed by atoms with Gasteiger partial charge in [0.1, 0.15) is 5.82 Å². The van der Waals surface area contributed by atoms with E-state index in [0.717, 1.165) is 34.8 Å². The lowest BCUT2D eigenvalue weighted by molar-refractivity contribution is 0.243. The standard InChI is InChI=1S/C22H24N6S/c1-25(15-19-14-23-27(16-19)20-11-7-4-8-12-20)17-28-22(29)26(2)21(24-28)13-18-9-5-3-6-10-18/h3-12,14,16H,13,15,17H2,1-2H3. The quantitative estimate of drug-likeness (QED) is 0.439. The fourth-order valence-corrected chi connectivity index (χ4v) is 3.52. The SMILES string of the molecule is CN(Cc1cnn(-c2ccccc2)c1)Cn1nc(Cc2ccccc2)n(C)c1=S. The molecule has 2 heterocycles. The van der Waals surface area contributed by atoms with Gasteiger partial charge in [-0.25, -0.2) is 9.36 Å². The van der Waals surface area contributed by atoms with Gasteiger partial charge in [-0.05, 0) is 37.0 Å². The fourth-order valence-electron chi connectivity index (χ4n) is 3.31. The van der Waals surface area contributed by atoms with E-state index in [9.17, 15) is 0 Å². The summed E-state index contributed by atoms with van der Waals surface area (Å²) in [5.74, 6) is 0.964. The lowest BCUT2D eigenvalue weighted by Crippen LogP contribution is -2.22. The Balaban J connectivity index is 1.44. The van der Waals surface area contributed by atoms with E-state index in [-0.39, 0.29) is 0 Å². The Hall–Kier alpha value is -3.03. The highest BCUT2D eigenvalue weighted by molar-refractivity contribution is 7.71. The predicted molar refractivity (Wildman–Crippen MR) is 116 cm³/mol. The number of aromatic nitrogens is 5. The highest BCUT2D eigenvalue weighted by Gasteiger charge is 2.11. The molecule has 4 rings (SSSR count). The molecular weight excluding hydrogens is 380 g/mol. The number of rotatable bonds is 7. The minimum Gasteiger partial charge on any atom is -0.307 e. The minimum atomic E-state index is 0.623. The van der Waals surface area contributed by atoms with Crippen molar-refractivity contribution in [1.82, 2.24) is 29.0 Å². The third kappa shape index (κ3) is 4.52. The fraction of sp³-hybridized carbons (Fsp3) is 0.227. The van der Waals surface area contributed by atoms with Crippen molar-refractivity contribution in [3.63, 3.8) is 0 Å². The van der Waals surface area contributed by atoms with Crippen molar-refractivity contribution in [2.75, 3.05) is 7.05 Å². The highest BCUT2D eigenvalue weighted by Crippen LogP contribution is 2.11. The van der Waals surface area contributed by atoms with Crippen molar-refractivity contribution in [1.29, 1.82) is 0 Å². The molecule has 6 nitrogen and oxygen atoms in total. The summed E-state index contributed by atoms with van der Waals surface area (Å²) < 4.78 is 6.50. The summed E-state index contributed by atoms with van der Waals surface area (Å²) in [4.78, 5) is 2.18. The molecule has 0 N–H and O–H groups in total. The average molecular weight is 405 g/mol. The first kappa shape index (κ1) is 19.3. The summed E-state index contributed by atoms with van der Waals surface area (Å²) in [6.45, 7) is 1.39. The van der Waals surface area contributed by atoms with Gasteiger partial charge in [0.15, 0.2) is 4.77 Å². The first-order valence-corrected chi connectivity index (χ1v) is 9.95. The van der Waals surface area contributed by atoms with Gasteiger partial charge >= 0.3 is 0 Å². The number of hydrogen-bond acceptors (Lipinski definition) is 4. The molecular formula is C22H24N6S. The van der Waals surface area contributed by atoms with Crippen molar-refractivity contribution in [3.05, 3.63) is 94.8 Å². The van der Waals surface area contributed by atoms with Crippen LogP contribution in [0.5, 0.6) is 0 Å². The molecule has 0 fully saturated rings. The van der Waals surface area contributed by atoms with Gasteiger partial charge in [0.25, 0.3) is 0 Å². The van der Waals surface area contributed by atoms with Gasteiger partial charge in [-0.3, -0.25) is 4.90 Å². The normalized spacial score (nSPS) is 11.3. The molecule has 0 aliphatic carbocycles. The largest absolute Gasteiger partial charge is 0.307 e. The molecule has 0 aliphatic rings. The molecule has 0 saturated heterocycles. The summed E-state index contributed by atoms with van der Waals surface area (Å²) in [5, 5.41) is 9.22. The van der Waals surface area contributed by atoms with E-state index < -0.39 is 0 Å². The van der Waals surface area contributed by atoms with Gasteiger partial charge in [0, 0.05) is 31.8 Å². The van der Waals surface area contributed by atoms with Gasteiger partial charge in [0.2, 0.25) is 0 Å². The van der Waals surface area contributed by atoms with Gasteiger partial charge in [0.05, 0.1) is 18.6 Å². The third-order valence-electron chi connectivity index (χ3n) is 4.82. The smallest absolute Gasteiger partial charge is 0.198 e. The molecule has 2 aromatic heterocycles. The van der Waals surface area contributed by atoms with Gasteiger partial charge in [-0.2, -0.15) is 10.2 Å². The zero-order valence-electron chi connectivity index (χ0n) is 16.6. The maximum Gasteiger partial charge on any atom is 0.198 e. The zero-order chi connectivity index (χ0) is 20.2. The first-order valence-electron chi connectivity index (χ1n) is 9.54. The third-order valence-corrected chi connectivity index (χ3v) is 5.31. The van der Waals surface area contributed by atoms with E-state index in [1.54, 1.807) is 0 Å². The monoisotopic (exact) mass is 404 g/mol. The van der Waals surface area contributed by atoms with Crippen LogP contribution in [0.4, 0.5) is 0 Å². The lowest BCUT2D eigenvalue weighted by atomic mass is 10.1. The Morgan fingerprint density at radius 1 is 0.966 bits per heavy atom. The van der Waals surface area contributed by atoms with Crippen molar-refractivity contribution in [2.45, 2.75) is 19.6 Å². The van der Waals surface area contributed by atoms with Crippen LogP contribution in [0.25, 0.3) is 5.69 Å². The molecule has 0 spiro atoms. The average Bonchev–Trinajstić information content (AvgIpc) is 3.30. The molecule has 0 atom stereocenters. The van der Waals surface area contributed by atoms with Crippen LogP contribution in [0.2, 0.25) is 0 Å². The van der Waals surface area contributed by atoms with E-state index in [0.29, 0.717) is 6.67 Å². The van der Waals surface area contributed by atoms with Crippen LogP contribution in [0.3, 0.4) is 0 Å². The van der Waals surface area contributed by atoms with Gasteiger partial charge < -0.3 is 4.57 Å². The van der Waals surface area contributed by atoms with Gasteiger partial charge in [-0.15, -0.1) is 0 Å². The zero-order valence-corrected chi connectivity index (χ0v) is 17.5. The van der Waals surface area contributed by atoms with Crippen molar-refractivity contribution < 1.29 is 0 Å². The Bertz CT molecular complexity index is 1130. The van der Waals surface area contributed by atoms with Gasteiger partial charge in [-0.1, -0.05) is 48.5 Å². The summed E-state index contributed by atoms with van der Waals surface area (Å²) in [5.41, 5.74) is 3.42. The second kappa shape index (κ2) is 8.55. The van der Waals surface area contributed by atoms with Crippen LogP contribution in [-0.2, 0) is 26.7 Å². The van der Waals surface area contributed by atoms with Crippen molar-refractivity contribution in [2.24, 2.45) is 7.05 Å². The topological polar surface area (TPSA) is 43.8 Å². The Labute approximate surface area is 175 Å². The van der Waals surface area contributed by atoms with Crippen LogP contribution in [0, 0.1) is 4.77 Å². The minimum absolute atomic E-state index is 0.623. The van der Waals surface area contributed by atoms with E-state index in [1.165, 1.54) is 5.56 Å². The molecule has 4 aromatic rings. The van der Waals surface area contributed by atoms with Crippen LogP contribution in [0.1, 0.15) is 17.0 Å². The number of para-hydroxylation sites is 1. The van der Waals surface area contributed by atoms with E-state index in [4.69, 9.17) is 17.3 Å². The van der Waals surface area contributed by atoms with Crippen LogP contribution < -0.4 is 0 Å². The summed E-state index contributed by atoms with van der Waals surface area (Å²) in [6, 6.07) is 20.5. The summed E-state index contributed by atoms with van der Waals surface area (Å²) in [7, 11) is 4.04. The number of hydrogen-bond donors (Lipinski definition) is 0. The molecule has 0 bridgehead atoms. The lowest BCUT2D eigenvalue weighted by Gasteiger charge is -2.15. The molecule has 0 saturated carbocycles. The molecule has 0 radical (unpaired) electrons. The van der Waals surface area contributed by atoms with E-state index in [2.05, 4.69) is 35.4 Å². The first-order chi connectivity index (χ1) is 14.1. The predicted octanol–water partition coefficient (Wildman–Crippen LogP) is 3.82. The second-order valence-electron chi connectivity index (χ2n) is 7.20. The summed E-state index contributed by atoms with van der Waals surface area (Å²) >= 11 is 5.60. The molecule has 29 heavy (non-hydrogen) atoms. The molecule has 0 unspecified atom stereocenters. The van der Waals surface area contributed by atoms with Crippen molar-refractivity contribution in [3.8, 4) is 5.69 Å². The van der Waals surface area contributed by atoms with Crippen LogP contribution >= 0.6 is 12.2 Å². The Morgan fingerprint density at radius 2 is 1.66 bits per heavy atom. The van der Waals surface area contributed by atoms with Crippen molar-refractivity contribution >= 4 is 12.2 Å². The molecule has 0 aliphatic heterocycles. The van der Waals surface area contributed by atoms with Crippen LogP contribution in [0.15, 0.2) is 73.1 Å². The molecule has 7 heteroatoms. The summed E-state index contributed by atoms with van der Waals surface area (Å²) in [6.07, 6.45) is 4.73. The molecule has 148 valence electrons. The van der Waals surface area contributed by atoms with Crippen LogP contribution in [-0.4, -0.2) is 36.1 Å². The highest BCUT2D eigenvalue weighted by atomic mass is 32.1. The van der Waals surface area contributed by atoms with E-state index in [1.807, 2.05) is 75.7 Å². The maximum atomic E-state index is 5.60. The maximum absolute atomic E-state index is 5.60. The molecule has 0 amide bonds.